The molecule has 1 aromatic rings. The normalized spacial score (nSPS) is 27.1. The van der Waals surface area contributed by atoms with Crippen LogP contribution >= 0.6 is 0 Å². The Labute approximate surface area is 106 Å². The summed E-state index contributed by atoms with van der Waals surface area (Å²) in [6.45, 7) is 1.88. The van der Waals surface area contributed by atoms with Gasteiger partial charge in [-0.25, -0.2) is 4.79 Å². The molecule has 0 unspecified atom stereocenters. The van der Waals surface area contributed by atoms with Crippen LogP contribution in [0.2, 0.25) is 0 Å². The van der Waals surface area contributed by atoms with Gasteiger partial charge in [-0.15, -0.1) is 0 Å². The molecule has 0 saturated carbocycles. The number of hydrogen-bond acceptors (Lipinski definition) is 4. The lowest BCUT2D eigenvalue weighted by atomic mass is 9.85. The van der Waals surface area contributed by atoms with Crippen LogP contribution in [-0.2, 0) is 14.3 Å². The quantitative estimate of drug-likeness (QED) is 0.811. The fourth-order valence-electron chi connectivity index (χ4n) is 2.06. The number of rotatable bonds is 2. The molecule has 0 aliphatic carbocycles. The van der Waals surface area contributed by atoms with E-state index in [0.29, 0.717) is 0 Å². The van der Waals surface area contributed by atoms with Crippen LogP contribution in [0.25, 0.3) is 0 Å². The number of esters is 1. The fraction of sp³-hybridized carbons (Fsp3) is 0.357. The zero-order valence-corrected chi connectivity index (χ0v) is 10.4. The zero-order valence-electron chi connectivity index (χ0n) is 10.4. The van der Waals surface area contributed by atoms with E-state index in [4.69, 9.17) is 4.74 Å². The molecule has 0 aromatic heterocycles. The summed E-state index contributed by atoms with van der Waals surface area (Å²) in [5.41, 5.74) is 1.04. The minimum absolute atomic E-state index is 0.0657. The predicted molar refractivity (Wildman–Crippen MR) is 65.5 cm³/mol. The smallest absolute Gasteiger partial charge is 0.373 e. The van der Waals surface area contributed by atoms with E-state index in [1.54, 1.807) is 6.08 Å². The molecule has 0 radical (unpaired) electrons. The van der Waals surface area contributed by atoms with E-state index >= 15 is 0 Å². The van der Waals surface area contributed by atoms with Gasteiger partial charge in [-0.05, 0) is 11.6 Å². The van der Waals surface area contributed by atoms with E-state index in [2.05, 4.69) is 4.74 Å². The van der Waals surface area contributed by atoms with Crippen molar-refractivity contribution in [2.24, 2.45) is 5.92 Å². The van der Waals surface area contributed by atoms with Crippen molar-refractivity contribution in [2.45, 2.75) is 19.1 Å². The van der Waals surface area contributed by atoms with Gasteiger partial charge in [0.2, 0.25) is 12.0 Å². The Morgan fingerprint density at radius 1 is 1.33 bits per heavy atom. The molecule has 0 fully saturated rings. The van der Waals surface area contributed by atoms with E-state index in [-0.39, 0.29) is 17.6 Å². The van der Waals surface area contributed by atoms with Gasteiger partial charge in [-0.3, -0.25) is 0 Å². The monoisotopic (exact) mass is 248 g/mol. The molecule has 1 aliphatic heterocycles. The summed E-state index contributed by atoms with van der Waals surface area (Å²) in [6, 6.07) is 9.70. The van der Waals surface area contributed by atoms with E-state index in [9.17, 15) is 9.90 Å². The average molecular weight is 248 g/mol. The van der Waals surface area contributed by atoms with Crippen LogP contribution in [0.4, 0.5) is 0 Å². The summed E-state index contributed by atoms with van der Waals surface area (Å²) >= 11 is 0. The van der Waals surface area contributed by atoms with Crippen molar-refractivity contribution in [1.82, 2.24) is 0 Å². The van der Waals surface area contributed by atoms with Crippen LogP contribution in [-0.4, -0.2) is 24.5 Å². The lowest BCUT2D eigenvalue weighted by Crippen LogP contribution is -2.32. The number of aliphatic hydroxyl groups is 1. The lowest BCUT2D eigenvalue weighted by Gasteiger charge is -2.31. The highest BCUT2D eigenvalue weighted by atomic mass is 16.6. The average Bonchev–Trinajstić information content (AvgIpc) is 2.41. The minimum Gasteiger partial charge on any atom is -0.463 e. The summed E-state index contributed by atoms with van der Waals surface area (Å²) in [5.74, 6) is -0.691. The number of methoxy groups -OCH3 is 1. The van der Waals surface area contributed by atoms with Crippen LogP contribution in [0.15, 0.2) is 42.2 Å². The highest BCUT2D eigenvalue weighted by Gasteiger charge is 2.33. The molecule has 0 saturated heterocycles. The van der Waals surface area contributed by atoms with Gasteiger partial charge < -0.3 is 14.6 Å². The number of ether oxygens (including phenoxy) is 2. The third-order valence-corrected chi connectivity index (χ3v) is 3.17. The van der Waals surface area contributed by atoms with E-state index in [1.165, 1.54) is 7.11 Å². The first-order valence-corrected chi connectivity index (χ1v) is 5.83. The van der Waals surface area contributed by atoms with Gasteiger partial charge in [0.25, 0.3) is 0 Å². The topological polar surface area (TPSA) is 55.8 Å². The van der Waals surface area contributed by atoms with E-state index in [1.807, 2.05) is 37.3 Å². The molecule has 3 atom stereocenters. The Balaban J connectivity index is 2.35. The number of hydrogen-bond donors (Lipinski definition) is 1. The van der Waals surface area contributed by atoms with Crippen LogP contribution in [0.3, 0.4) is 0 Å². The molecule has 1 N–H and O–H groups in total. The number of benzene rings is 1. The first-order valence-electron chi connectivity index (χ1n) is 5.83. The zero-order chi connectivity index (χ0) is 13.1. The van der Waals surface area contributed by atoms with Gasteiger partial charge in [0.1, 0.15) is 0 Å². The van der Waals surface area contributed by atoms with Crippen LogP contribution < -0.4 is 0 Å². The molecule has 0 amide bonds. The SMILES string of the molecule is COC(=O)C1=C[C@H](c2ccccc2)[C@@H](C)[C@H](O)O1. The Morgan fingerprint density at radius 2 is 2.00 bits per heavy atom. The Kier molecular flexibility index (Phi) is 3.67. The summed E-state index contributed by atoms with van der Waals surface area (Å²) in [4.78, 5) is 11.5. The molecule has 1 aromatic carbocycles. The molecule has 1 aliphatic rings. The second-order valence-electron chi connectivity index (χ2n) is 4.33. The molecular formula is C14H16O4. The molecule has 0 bridgehead atoms. The molecule has 4 nitrogen and oxygen atoms in total. The van der Waals surface area contributed by atoms with Gasteiger partial charge in [-0.2, -0.15) is 0 Å². The van der Waals surface area contributed by atoms with Crippen LogP contribution in [0.1, 0.15) is 18.4 Å². The number of carbonyl (C=O) groups excluding carboxylic acids is 1. The van der Waals surface area contributed by atoms with Gasteiger partial charge in [0.05, 0.1) is 7.11 Å². The van der Waals surface area contributed by atoms with Crippen molar-refractivity contribution < 1.29 is 19.4 Å². The van der Waals surface area contributed by atoms with Gasteiger partial charge in [0.15, 0.2) is 0 Å². The summed E-state index contributed by atoms with van der Waals surface area (Å²) in [5, 5.41) is 9.85. The minimum atomic E-state index is -1.01. The standard InChI is InChI=1S/C14H16O4/c1-9-11(10-6-4-3-5-7-10)8-12(14(16)17-2)18-13(9)15/h3-9,11,13,15H,1-2H3/t9-,11+,13-/m1/s1. The number of allylic oxidation sites excluding steroid dienone is 1. The van der Waals surface area contributed by atoms with E-state index in [0.717, 1.165) is 5.56 Å². The number of aliphatic hydroxyl groups excluding tert-OH is 1. The number of carbonyl (C=O) groups is 1. The maximum atomic E-state index is 11.5. The molecule has 96 valence electrons. The summed E-state index contributed by atoms with van der Waals surface area (Å²) in [7, 11) is 1.29. The molecule has 0 spiro atoms. The molecule has 2 rings (SSSR count). The largest absolute Gasteiger partial charge is 0.463 e. The summed E-state index contributed by atoms with van der Waals surface area (Å²) in [6.07, 6.45) is 0.702. The van der Waals surface area contributed by atoms with Gasteiger partial charge >= 0.3 is 5.97 Å². The second-order valence-corrected chi connectivity index (χ2v) is 4.33. The first kappa shape index (κ1) is 12.6. The molecule has 18 heavy (non-hydrogen) atoms. The molecule has 1 heterocycles. The van der Waals surface area contributed by atoms with Crippen molar-refractivity contribution in [3.8, 4) is 0 Å². The summed E-state index contributed by atoms with van der Waals surface area (Å²) < 4.78 is 9.76. The Bertz CT molecular complexity index is 452. The van der Waals surface area contributed by atoms with Crippen molar-refractivity contribution in [1.29, 1.82) is 0 Å². The maximum absolute atomic E-state index is 11.5. The van der Waals surface area contributed by atoms with Gasteiger partial charge in [0, 0.05) is 11.8 Å². The first-order chi connectivity index (χ1) is 8.63. The third-order valence-electron chi connectivity index (χ3n) is 3.17. The maximum Gasteiger partial charge on any atom is 0.373 e. The van der Waals surface area contributed by atoms with Crippen molar-refractivity contribution >= 4 is 5.97 Å². The van der Waals surface area contributed by atoms with E-state index < -0.39 is 12.3 Å². The fourth-order valence-corrected chi connectivity index (χ4v) is 2.06. The highest BCUT2D eigenvalue weighted by Crippen LogP contribution is 2.34. The second kappa shape index (κ2) is 5.23. The van der Waals surface area contributed by atoms with Crippen LogP contribution in [0, 0.1) is 5.92 Å². The Morgan fingerprint density at radius 3 is 2.61 bits per heavy atom. The van der Waals surface area contributed by atoms with Gasteiger partial charge in [-0.1, -0.05) is 37.3 Å². The lowest BCUT2D eigenvalue weighted by molar-refractivity contribution is -0.155. The molecule has 4 heteroatoms. The van der Waals surface area contributed by atoms with Crippen molar-refractivity contribution in [3.05, 3.63) is 47.7 Å². The van der Waals surface area contributed by atoms with Crippen molar-refractivity contribution in [2.75, 3.05) is 7.11 Å². The Hall–Kier alpha value is -1.81. The predicted octanol–water partition coefficient (Wildman–Crippen LogP) is 1.81. The van der Waals surface area contributed by atoms with Crippen LogP contribution in [0.5, 0.6) is 0 Å². The third kappa shape index (κ3) is 2.38. The highest BCUT2D eigenvalue weighted by molar-refractivity contribution is 5.86. The molecular weight excluding hydrogens is 232 g/mol. The van der Waals surface area contributed by atoms with Crippen molar-refractivity contribution in [3.63, 3.8) is 0 Å².